The Morgan fingerprint density at radius 2 is 1.40 bits per heavy atom. The molecular weight excluding hydrogens is 708 g/mol. The maximum Gasteiger partial charge on any atom is 0.305 e. The van der Waals surface area contributed by atoms with Crippen LogP contribution in [0.25, 0.3) is 11.1 Å². The first-order valence-corrected chi connectivity index (χ1v) is 18.4. The van der Waals surface area contributed by atoms with Crippen molar-refractivity contribution in [2.75, 3.05) is 26.9 Å². The number of aryl methyl sites for hydroxylation is 2. The number of methoxy groups -OCH3 is 1. The summed E-state index contributed by atoms with van der Waals surface area (Å²) in [5.41, 5.74) is 21.4. The van der Waals surface area contributed by atoms with Crippen molar-refractivity contribution in [1.82, 2.24) is 16.0 Å². The summed E-state index contributed by atoms with van der Waals surface area (Å²) in [7, 11) is 1.60. The van der Waals surface area contributed by atoms with Crippen LogP contribution in [0.15, 0.2) is 66.7 Å². The molecule has 15 nitrogen and oxygen atoms in total. The maximum absolute atomic E-state index is 13.8. The monoisotopic (exact) mass is 762 g/mol. The van der Waals surface area contributed by atoms with Gasteiger partial charge in [0.05, 0.1) is 26.7 Å². The van der Waals surface area contributed by atoms with Gasteiger partial charge in [-0.3, -0.25) is 24.0 Å². The molecule has 0 heterocycles. The average molecular weight is 763 g/mol. The van der Waals surface area contributed by atoms with Crippen LogP contribution in [0.5, 0.6) is 11.5 Å². The van der Waals surface area contributed by atoms with Gasteiger partial charge in [0.2, 0.25) is 23.6 Å². The molecule has 0 saturated carbocycles. The van der Waals surface area contributed by atoms with Gasteiger partial charge in [0.1, 0.15) is 35.7 Å². The Kier molecular flexibility index (Phi) is 18.1. The van der Waals surface area contributed by atoms with E-state index in [0.29, 0.717) is 31.6 Å². The number of carboxylic acids is 1. The van der Waals surface area contributed by atoms with Gasteiger partial charge in [0, 0.05) is 6.42 Å². The fourth-order valence-corrected chi connectivity index (χ4v) is 5.81. The van der Waals surface area contributed by atoms with E-state index in [2.05, 4.69) is 16.0 Å². The molecule has 3 aromatic carbocycles. The van der Waals surface area contributed by atoms with Crippen LogP contribution >= 0.6 is 0 Å². The van der Waals surface area contributed by atoms with Crippen molar-refractivity contribution in [3.8, 4) is 22.6 Å². The molecule has 2 unspecified atom stereocenters. The number of nitrogens with one attached hydrogen (secondary N) is 3. The third-order valence-corrected chi connectivity index (χ3v) is 8.98. The van der Waals surface area contributed by atoms with Gasteiger partial charge in [-0.25, -0.2) is 0 Å². The molecule has 0 bridgehead atoms. The van der Waals surface area contributed by atoms with Gasteiger partial charge in [-0.05, 0) is 97.2 Å². The third-order valence-electron chi connectivity index (χ3n) is 8.98. The van der Waals surface area contributed by atoms with E-state index in [9.17, 15) is 34.2 Å². The van der Waals surface area contributed by atoms with Crippen LogP contribution in [0.4, 0.5) is 0 Å². The van der Waals surface area contributed by atoms with Crippen LogP contribution in [0.3, 0.4) is 0 Å². The normalized spacial score (nSPS) is 13.1. The highest BCUT2D eigenvalue weighted by Gasteiger charge is 2.31. The van der Waals surface area contributed by atoms with E-state index in [1.165, 1.54) is 0 Å². The lowest BCUT2D eigenvalue weighted by molar-refractivity contribution is -0.141. The topological polar surface area (TPSA) is 258 Å². The number of hydrogen-bond donors (Lipinski definition) is 8. The van der Waals surface area contributed by atoms with Crippen LogP contribution in [-0.4, -0.2) is 90.8 Å². The molecule has 3 rings (SSSR count). The van der Waals surface area contributed by atoms with Gasteiger partial charge < -0.3 is 52.8 Å². The highest BCUT2D eigenvalue weighted by atomic mass is 16.5. The first-order valence-electron chi connectivity index (χ1n) is 18.4. The Labute approximate surface area is 321 Å². The van der Waals surface area contributed by atoms with Gasteiger partial charge in [0.25, 0.3) is 0 Å². The molecular formula is C40H54N6O9. The molecule has 4 amide bonds. The van der Waals surface area contributed by atoms with E-state index in [1.807, 2.05) is 61.5 Å². The van der Waals surface area contributed by atoms with Crippen molar-refractivity contribution in [3.05, 3.63) is 83.4 Å². The smallest absolute Gasteiger partial charge is 0.305 e. The lowest BCUT2D eigenvalue weighted by atomic mass is 9.95. The minimum absolute atomic E-state index is 0.0584. The van der Waals surface area contributed by atoms with E-state index < -0.39 is 66.8 Å². The van der Waals surface area contributed by atoms with Crippen molar-refractivity contribution < 1.29 is 43.7 Å². The van der Waals surface area contributed by atoms with Crippen molar-refractivity contribution >= 4 is 29.6 Å². The number of hydrogen-bond acceptors (Lipinski definition) is 10. The van der Waals surface area contributed by atoms with Crippen molar-refractivity contribution in [3.63, 3.8) is 0 Å². The molecule has 0 aromatic heterocycles. The molecule has 55 heavy (non-hydrogen) atoms. The molecule has 0 aliphatic carbocycles. The van der Waals surface area contributed by atoms with Crippen LogP contribution in [0.1, 0.15) is 55.7 Å². The summed E-state index contributed by atoms with van der Waals surface area (Å²) in [4.78, 5) is 63.8. The Bertz CT molecular complexity index is 1720. The summed E-state index contributed by atoms with van der Waals surface area (Å²) in [5.74, 6) is -3.38. The number of carbonyl (C=O) groups is 5. The van der Waals surface area contributed by atoms with Gasteiger partial charge >= 0.3 is 5.97 Å². The van der Waals surface area contributed by atoms with Crippen LogP contribution in [0, 0.1) is 0 Å². The summed E-state index contributed by atoms with van der Waals surface area (Å²) in [6.45, 7) is 2.47. The quantitative estimate of drug-likeness (QED) is 0.0604. The number of primary amides is 1. The largest absolute Gasteiger partial charge is 0.497 e. The number of rotatable bonds is 24. The zero-order valence-corrected chi connectivity index (χ0v) is 31.4. The lowest BCUT2D eigenvalue weighted by Crippen LogP contribution is -2.58. The van der Waals surface area contributed by atoms with Crippen molar-refractivity contribution in [2.24, 2.45) is 17.2 Å². The minimum Gasteiger partial charge on any atom is -0.497 e. The number of benzene rings is 3. The predicted molar refractivity (Wildman–Crippen MR) is 207 cm³/mol. The van der Waals surface area contributed by atoms with Crippen LogP contribution < -0.4 is 42.6 Å². The standard InChI is InChI=1S/C40H54N6O9/c1-3-27-22-30(54-2)17-18-31(27)28-13-9-26(10-14-28)21-34(46-40(53)35(23-36(48)49)45-38(51)32(42)24-47)39(52)44-33(37(43)50)8-6-7-25-11-15-29(16-12-25)55-20-5-4-19-41/h9-18,22,32-35,47H,3-8,19-21,23-24,41-42H2,1-2H3,(H2,43,50)(H,44,52)(H,45,51)(H,46,53)(H,48,49)/t32?,33-,34-,35?/m0/s1. The number of carboxylic acid groups (broad SMARTS) is 1. The molecule has 0 aliphatic rings. The number of unbranched alkanes of at least 4 members (excludes halogenated alkanes) is 1. The molecule has 0 saturated heterocycles. The number of amides is 4. The summed E-state index contributed by atoms with van der Waals surface area (Å²) in [5, 5.41) is 26.2. The number of ether oxygens (including phenoxy) is 2. The molecule has 15 heteroatoms. The highest BCUT2D eigenvalue weighted by molar-refractivity contribution is 5.96. The molecule has 3 aromatic rings. The second-order valence-corrected chi connectivity index (χ2v) is 13.1. The molecule has 0 aliphatic heterocycles. The van der Waals surface area contributed by atoms with E-state index in [1.54, 1.807) is 19.2 Å². The Hall–Kier alpha value is -5.51. The SMILES string of the molecule is CCc1cc(OC)ccc1-c1ccc(C[C@H](NC(=O)C(CC(=O)O)NC(=O)C(N)CO)C(=O)N[C@@H](CCCc2ccc(OCCCCN)cc2)C(N)=O)cc1. The molecule has 0 radical (unpaired) electrons. The number of carbonyl (C=O) groups excluding carboxylic acids is 4. The number of aliphatic carboxylic acids is 1. The predicted octanol–water partition coefficient (Wildman–Crippen LogP) is 1.34. The van der Waals surface area contributed by atoms with Gasteiger partial charge in [0.15, 0.2) is 0 Å². The molecule has 11 N–H and O–H groups in total. The molecule has 0 spiro atoms. The number of nitrogens with two attached hydrogens (primary N) is 3. The van der Waals surface area contributed by atoms with Crippen molar-refractivity contribution in [2.45, 2.75) is 82.5 Å². The van der Waals surface area contributed by atoms with E-state index in [4.69, 9.17) is 26.7 Å². The first kappa shape index (κ1) is 43.9. The Morgan fingerprint density at radius 3 is 2.00 bits per heavy atom. The van der Waals surface area contributed by atoms with Crippen LogP contribution in [-0.2, 0) is 43.2 Å². The number of aliphatic hydroxyl groups excluding tert-OH is 1. The van der Waals surface area contributed by atoms with Crippen LogP contribution in [0.2, 0.25) is 0 Å². The number of aliphatic hydroxyl groups is 1. The van der Waals surface area contributed by atoms with Gasteiger partial charge in [-0.2, -0.15) is 0 Å². The Balaban J connectivity index is 1.79. The first-order chi connectivity index (χ1) is 26.4. The summed E-state index contributed by atoms with van der Waals surface area (Å²) < 4.78 is 11.1. The average Bonchev–Trinajstić information content (AvgIpc) is 3.18. The lowest BCUT2D eigenvalue weighted by Gasteiger charge is -2.25. The fraction of sp³-hybridized carbons (Fsp3) is 0.425. The van der Waals surface area contributed by atoms with Crippen molar-refractivity contribution in [1.29, 1.82) is 0 Å². The van der Waals surface area contributed by atoms with Gasteiger partial charge in [-0.15, -0.1) is 0 Å². The summed E-state index contributed by atoms with van der Waals surface area (Å²) in [6.07, 6.45) is 2.89. The fourth-order valence-electron chi connectivity index (χ4n) is 5.81. The van der Waals surface area contributed by atoms with E-state index in [0.717, 1.165) is 53.0 Å². The van der Waals surface area contributed by atoms with Gasteiger partial charge in [-0.1, -0.05) is 49.4 Å². The van der Waals surface area contributed by atoms with E-state index >= 15 is 0 Å². The second kappa shape index (κ2) is 22.6. The minimum atomic E-state index is -1.63. The zero-order valence-electron chi connectivity index (χ0n) is 31.4. The van der Waals surface area contributed by atoms with E-state index in [-0.39, 0.29) is 12.8 Å². The molecule has 0 fully saturated rings. The Morgan fingerprint density at radius 1 is 0.782 bits per heavy atom. The summed E-state index contributed by atoms with van der Waals surface area (Å²) in [6, 6.07) is 15.3. The zero-order chi connectivity index (χ0) is 40.3. The highest BCUT2D eigenvalue weighted by Crippen LogP contribution is 2.28. The maximum atomic E-state index is 13.8. The summed E-state index contributed by atoms with van der Waals surface area (Å²) >= 11 is 0. The molecule has 298 valence electrons. The second-order valence-electron chi connectivity index (χ2n) is 13.1. The molecule has 4 atom stereocenters. The third kappa shape index (κ3) is 14.3.